The van der Waals surface area contributed by atoms with Gasteiger partial charge in [-0.2, -0.15) is 13.2 Å². The van der Waals surface area contributed by atoms with Gasteiger partial charge in [0.1, 0.15) is 5.82 Å². The van der Waals surface area contributed by atoms with Gasteiger partial charge in [-0.1, -0.05) is 24.3 Å². The first-order valence-corrected chi connectivity index (χ1v) is 12.5. The van der Waals surface area contributed by atoms with E-state index in [0.29, 0.717) is 22.2 Å². The van der Waals surface area contributed by atoms with E-state index in [1.807, 2.05) is 23.1 Å². The summed E-state index contributed by atoms with van der Waals surface area (Å²) in [5, 5.41) is 6.20. The smallest absolute Gasteiger partial charge is 0.352 e. The quantitative estimate of drug-likeness (QED) is 0.216. The molecule has 0 spiro atoms. The van der Waals surface area contributed by atoms with Crippen molar-refractivity contribution in [2.24, 2.45) is 0 Å². The molecule has 1 aliphatic heterocycles. The van der Waals surface area contributed by atoms with Crippen LogP contribution in [0.15, 0.2) is 91.3 Å². The maximum absolute atomic E-state index is 14.0. The van der Waals surface area contributed by atoms with Crippen LogP contribution in [0.25, 0.3) is 5.69 Å². The molecule has 39 heavy (non-hydrogen) atoms. The van der Waals surface area contributed by atoms with Crippen LogP contribution in [0.3, 0.4) is 0 Å². The van der Waals surface area contributed by atoms with Crippen molar-refractivity contribution in [2.45, 2.75) is 24.7 Å². The molecule has 1 amide bonds. The molecule has 1 saturated heterocycles. The molecule has 2 atom stereocenters. The van der Waals surface area contributed by atoms with Gasteiger partial charge in [-0.3, -0.25) is 9.78 Å². The van der Waals surface area contributed by atoms with E-state index in [1.165, 1.54) is 24.3 Å². The third kappa shape index (κ3) is 5.63. The fourth-order valence-electron chi connectivity index (χ4n) is 4.67. The molecular weight excluding hydrogens is 530 g/mol. The highest BCUT2D eigenvalue weighted by Gasteiger charge is 2.41. The number of benzene rings is 2. The van der Waals surface area contributed by atoms with Gasteiger partial charge in [-0.15, -0.1) is 0 Å². The minimum absolute atomic E-state index is 0.00808. The van der Waals surface area contributed by atoms with E-state index >= 15 is 0 Å². The Hall–Kier alpha value is -4.25. The van der Waals surface area contributed by atoms with Crippen molar-refractivity contribution in [2.75, 3.05) is 11.9 Å². The number of hydrogen-bond acceptors (Lipinski definition) is 3. The number of anilines is 1. The SMILES string of the molecule is O=C(CCN1C(=S)N[C@H](c2ccccn2)[C@@H]1c1cccn1-c1cccc(C(F)(F)F)c1)Nc1ccccc1F. The van der Waals surface area contributed by atoms with Crippen LogP contribution < -0.4 is 10.6 Å². The minimum Gasteiger partial charge on any atom is -0.352 e. The molecular formula is C28H23F4N5OS. The van der Waals surface area contributed by atoms with Crippen molar-refractivity contribution < 1.29 is 22.4 Å². The van der Waals surface area contributed by atoms with Crippen LogP contribution in [-0.4, -0.2) is 32.0 Å². The fraction of sp³-hybridized carbons (Fsp3) is 0.179. The number of alkyl halides is 3. The predicted octanol–water partition coefficient (Wildman–Crippen LogP) is 6.03. The summed E-state index contributed by atoms with van der Waals surface area (Å²) in [4.78, 5) is 19.0. The second-order valence-electron chi connectivity index (χ2n) is 8.95. The van der Waals surface area contributed by atoms with E-state index in [-0.39, 0.29) is 18.7 Å². The number of halogens is 4. The summed E-state index contributed by atoms with van der Waals surface area (Å²) in [6.07, 6.45) is -1.17. The van der Waals surface area contributed by atoms with Gasteiger partial charge in [0.25, 0.3) is 0 Å². The molecule has 0 unspecified atom stereocenters. The molecule has 3 heterocycles. The number of amides is 1. The largest absolute Gasteiger partial charge is 0.416 e. The first-order chi connectivity index (χ1) is 18.7. The van der Waals surface area contributed by atoms with E-state index < -0.39 is 35.5 Å². The standard InChI is InChI=1S/C28H23F4N5OS/c29-20-9-1-2-10-21(20)34-24(38)13-16-37-26(25(35-27(37)39)22-11-3-4-14-33-22)23-12-6-15-36(23)19-8-5-7-18(17-19)28(30,31)32/h1-12,14-15,17,25-26H,13,16H2,(H,34,38)(H,35,39)/t25-,26+/m1/s1. The molecule has 1 fully saturated rings. The summed E-state index contributed by atoms with van der Waals surface area (Å²) in [5.74, 6) is -0.951. The molecule has 6 nitrogen and oxygen atoms in total. The van der Waals surface area contributed by atoms with Crippen LogP contribution in [0.1, 0.15) is 35.5 Å². The lowest BCUT2D eigenvalue weighted by Crippen LogP contribution is -2.33. The monoisotopic (exact) mass is 553 g/mol. The average molecular weight is 554 g/mol. The molecule has 0 radical (unpaired) electrons. The third-order valence-corrected chi connectivity index (χ3v) is 6.81. The lowest BCUT2D eigenvalue weighted by molar-refractivity contribution is -0.137. The van der Waals surface area contributed by atoms with Gasteiger partial charge in [0.15, 0.2) is 5.11 Å². The Bertz CT molecular complexity index is 1490. The van der Waals surface area contributed by atoms with E-state index in [2.05, 4.69) is 15.6 Å². The van der Waals surface area contributed by atoms with Gasteiger partial charge in [0.05, 0.1) is 29.0 Å². The molecule has 1 aliphatic rings. The van der Waals surface area contributed by atoms with Gasteiger partial charge >= 0.3 is 6.18 Å². The number of carbonyl (C=O) groups is 1. The van der Waals surface area contributed by atoms with E-state index in [9.17, 15) is 22.4 Å². The number of thiocarbonyl (C=S) groups is 1. The maximum Gasteiger partial charge on any atom is 0.416 e. The number of aromatic nitrogens is 2. The molecule has 2 aromatic heterocycles. The highest BCUT2D eigenvalue weighted by atomic mass is 32.1. The number of carbonyl (C=O) groups excluding carboxylic acids is 1. The number of rotatable bonds is 7. The van der Waals surface area contributed by atoms with Gasteiger partial charge < -0.3 is 20.1 Å². The Labute approximate surface area is 227 Å². The average Bonchev–Trinajstić information content (AvgIpc) is 3.53. The van der Waals surface area contributed by atoms with E-state index in [1.54, 1.807) is 41.2 Å². The van der Waals surface area contributed by atoms with Crippen LogP contribution in [0.2, 0.25) is 0 Å². The number of pyridine rings is 1. The highest BCUT2D eigenvalue weighted by molar-refractivity contribution is 7.80. The van der Waals surface area contributed by atoms with Crippen molar-refractivity contribution >= 4 is 28.9 Å². The number of hydrogen-bond donors (Lipinski definition) is 2. The van der Waals surface area contributed by atoms with Crippen molar-refractivity contribution in [3.63, 3.8) is 0 Å². The van der Waals surface area contributed by atoms with Crippen LogP contribution in [-0.2, 0) is 11.0 Å². The zero-order valence-corrected chi connectivity index (χ0v) is 21.2. The zero-order valence-electron chi connectivity index (χ0n) is 20.4. The summed E-state index contributed by atoms with van der Waals surface area (Å²) < 4.78 is 56.0. The molecule has 2 N–H and O–H groups in total. The van der Waals surface area contributed by atoms with Crippen molar-refractivity contribution in [1.29, 1.82) is 0 Å². The highest BCUT2D eigenvalue weighted by Crippen LogP contribution is 2.40. The molecule has 0 bridgehead atoms. The van der Waals surface area contributed by atoms with E-state index in [4.69, 9.17) is 12.2 Å². The van der Waals surface area contributed by atoms with Crippen molar-refractivity contribution in [3.8, 4) is 5.69 Å². The van der Waals surface area contributed by atoms with Crippen LogP contribution in [0, 0.1) is 5.82 Å². The summed E-state index contributed by atoms with van der Waals surface area (Å²) in [6, 6.07) is 19.0. The minimum atomic E-state index is -4.49. The molecule has 200 valence electrons. The van der Waals surface area contributed by atoms with Gasteiger partial charge in [0.2, 0.25) is 5.91 Å². The van der Waals surface area contributed by atoms with Crippen LogP contribution in [0.4, 0.5) is 23.2 Å². The Morgan fingerprint density at radius 1 is 1.03 bits per heavy atom. The molecule has 4 aromatic rings. The topological polar surface area (TPSA) is 62.2 Å². The predicted molar refractivity (Wildman–Crippen MR) is 143 cm³/mol. The summed E-state index contributed by atoms with van der Waals surface area (Å²) >= 11 is 5.64. The first-order valence-electron chi connectivity index (χ1n) is 12.1. The maximum atomic E-state index is 14.0. The lowest BCUT2D eigenvalue weighted by atomic mass is 10.0. The lowest BCUT2D eigenvalue weighted by Gasteiger charge is -2.29. The first kappa shape index (κ1) is 26.4. The molecule has 11 heteroatoms. The van der Waals surface area contributed by atoms with Crippen LogP contribution >= 0.6 is 12.2 Å². The number of nitrogens with one attached hydrogen (secondary N) is 2. The summed E-state index contributed by atoms with van der Waals surface area (Å²) in [7, 11) is 0. The molecule has 0 aliphatic carbocycles. The van der Waals surface area contributed by atoms with Crippen molar-refractivity contribution in [1.82, 2.24) is 19.8 Å². The Kier molecular flexibility index (Phi) is 7.34. The molecule has 0 saturated carbocycles. The molecule has 5 rings (SSSR count). The number of nitrogens with zero attached hydrogens (tertiary/aromatic N) is 3. The zero-order chi connectivity index (χ0) is 27.6. The summed E-state index contributed by atoms with van der Waals surface area (Å²) in [6.45, 7) is 0.174. The van der Waals surface area contributed by atoms with Gasteiger partial charge in [-0.25, -0.2) is 4.39 Å². The van der Waals surface area contributed by atoms with Crippen molar-refractivity contribution in [3.05, 3.63) is 114 Å². The Balaban J connectivity index is 1.47. The van der Waals surface area contributed by atoms with Gasteiger partial charge in [0, 0.05) is 36.7 Å². The molecule has 2 aromatic carbocycles. The normalized spacial score (nSPS) is 17.2. The summed E-state index contributed by atoms with van der Waals surface area (Å²) in [5.41, 5.74) is 0.986. The van der Waals surface area contributed by atoms with E-state index in [0.717, 1.165) is 12.1 Å². The number of para-hydroxylation sites is 1. The van der Waals surface area contributed by atoms with Gasteiger partial charge in [-0.05, 0) is 66.8 Å². The Morgan fingerprint density at radius 2 is 1.82 bits per heavy atom. The Morgan fingerprint density at radius 3 is 2.56 bits per heavy atom. The second kappa shape index (κ2) is 10.9. The fourth-order valence-corrected chi connectivity index (χ4v) is 5.00. The third-order valence-electron chi connectivity index (χ3n) is 6.46. The van der Waals surface area contributed by atoms with Crippen LogP contribution in [0.5, 0.6) is 0 Å². The second-order valence-corrected chi connectivity index (χ2v) is 9.34.